The van der Waals surface area contributed by atoms with Crippen LogP contribution < -0.4 is 4.90 Å². The van der Waals surface area contributed by atoms with E-state index in [-0.39, 0.29) is 5.92 Å². The van der Waals surface area contributed by atoms with Crippen molar-refractivity contribution >= 4 is 11.8 Å². The second-order valence-corrected chi connectivity index (χ2v) is 6.56. The smallest absolute Gasteiger partial charge is 0.308 e. The number of nitrogens with zero attached hydrogens (tertiary/aromatic N) is 3. The highest BCUT2D eigenvalue weighted by atomic mass is 16.4. The molecule has 1 saturated heterocycles. The van der Waals surface area contributed by atoms with Gasteiger partial charge < -0.3 is 10.0 Å². The fraction of sp³-hybridized carbons (Fsp3) is 0.625. The summed E-state index contributed by atoms with van der Waals surface area (Å²) in [6, 6.07) is 4.10. The molecule has 5 nitrogen and oxygen atoms in total. The largest absolute Gasteiger partial charge is 0.481 e. The van der Waals surface area contributed by atoms with Crippen molar-refractivity contribution in [1.29, 1.82) is 0 Å². The SMILES string of the molecule is CN(C)c1ccc(CN2C[C@@H](C(=O)O)[C@H](C3CC3)C2)cn1. The molecule has 3 rings (SSSR count). The molecule has 0 amide bonds. The molecule has 2 fully saturated rings. The Kier molecular flexibility index (Phi) is 3.85. The van der Waals surface area contributed by atoms with Crippen molar-refractivity contribution in [2.45, 2.75) is 19.4 Å². The average Bonchev–Trinajstić information content (AvgIpc) is 3.20. The molecule has 2 atom stereocenters. The molecule has 0 aromatic carbocycles. The summed E-state index contributed by atoms with van der Waals surface area (Å²) < 4.78 is 0. The molecule has 0 bridgehead atoms. The molecule has 1 N–H and O–H groups in total. The minimum atomic E-state index is -0.629. The van der Waals surface area contributed by atoms with Gasteiger partial charge in [-0.2, -0.15) is 0 Å². The summed E-state index contributed by atoms with van der Waals surface area (Å²) >= 11 is 0. The zero-order valence-corrected chi connectivity index (χ0v) is 12.7. The molecule has 1 aliphatic carbocycles. The Morgan fingerprint density at radius 1 is 1.38 bits per heavy atom. The first-order valence-corrected chi connectivity index (χ1v) is 7.62. The first-order chi connectivity index (χ1) is 10.0. The number of aliphatic carboxylic acids is 1. The molecule has 0 spiro atoms. The summed E-state index contributed by atoms with van der Waals surface area (Å²) in [6.45, 7) is 2.39. The summed E-state index contributed by atoms with van der Waals surface area (Å²) in [7, 11) is 3.94. The van der Waals surface area contributed by atoms with Gasteiger partial charge >= 0.3 is 5.97 Å². The summed E-state index contributed by atoms with van der Waals surface area (Å²) in [4.78, 5) is 20.1. The number of carboxylic acid groups (broad SMARTS) is 1. The van der Waals surface area contributed by atoms with Crippen LogP contribution in [0.1, 0.15) is 18.4 Å². The molecule has 21 heavy (non-hydrogen) atoms. The number of likely N-dealkylation sites (tertiary alicyclic amines) is 1. The molecule has 1 aliphatic heterocycles. The van der Waals surface area contributed by atoms with Gasteiger partial charge in [0.1, 0.15) is 5.82 Å². The van der Waals surface area contributed by atoms with Crippen molar-refractivity contribution in [3.05, 3.63) is 23.9 Å². The van der Waals surface area contributed by atoms with Gasteiger partial charge in [-0.25, -0.2) is 4.98 Å². The van der Waals surface area contributed by atoms with Gasteiger partial charge in [-0.05, 0) is 36.3 Å². The Hall–Kier alpha value is -1.62. The maximum atomic E-state index is 11.4. The van der Waals surface area contributed by atoms with Crippen LogP contribution in [0.5, 0.6) is 0 Å². The molecular weight excluding hydrogens is 266 g/mol. The van der Waals surface area contributed by atoms with Crippen LogP contribution >= 0.6 is 0 Å². The highest BCUT2D eigenvalue weighted by Gasteiger charge is 2.45. The second-order valence-electron chi connectivity index (χ2n) is 6.56. The first kappa shape index (κ1) is 14.3. The molecule has 1 aromatic rings. The van der Waals surface area contributed by atoms with Crippen LogP contribution in [0.2, 0.25) is 0 Å². The highest BCUT2D eigenvalue weighted by molar-refractivity contribution is 5.71. The molecule has 2 heterocycles. The number of carbonyl (C=O) groups is 1. The lowest BCUT2D eigenvalue weighted by Gasteiger charge is -2.16. The predicted octanol–water partition coefficient (Wildman–Crippen LogP) is 1.69. The number of carboxylic acids is 1. The van der Waals surface area contributed by atoms with E-state index in [0.29, 0.717) is 18.4 Å². The van der Waals surface area contributed by atoms with E-state index in [2.05, 4.69) is 16.0 Å². The summed E-state index contributed by atoms with van der Waals surface area (Å²) in [5.41, 5.74) is 1.15. The molecule has 1 saturated carbocycles. The minimum Gasteiger partial charge on any atom is -0.481 e. The van der Waals surface area contributed by atoms with Crippen LogP contribution in [0.15, 0.2) is 18.3 Å². The Bertz CT molecular complexity index is 511. The van der Waals surface area contributed by atoms with Crippen LogP contribution in [-0.4, -0.2) is 48.1 Å². The van der Waals surface area contributed by atoms with Gasteiger partial charge in [0.2, 0.25) is 0 Å². The zero-order chi connectivity index (χ0) is 15.0. The predicted molar refractivity (Wildman–Crippen MR) is 81.2 cm³/mol. The molecular formula is C16H23N3O2. The maximum Gasteiger partial charge on any atom is 0.308 e. The standard InChI is InChI=1S/C16H23N3O2/c1-18(2)15-6-3-11(7-17-15)8-19-9-13(12-4-5-12)14(10-19)16(20)21/h3,6-7,12-14H,4-5,8-10H2,1-2H3,(H,20,21)/t13-,14+/m0/s1. The van der Waals surface area contributed by atoms with Crippen molar-refractivity contribution in [1.82, 2.24) is 9.88 Å². The van der Waals surface area contributed by atoms with E-state index in [1.54, 1.807) is 0 Å². The average molecular weight is 289 g/mol. The van der Waals surface area contributed by atoms with E-state index in [1.807, 2.05) is 31.3 Å². The fourth-order valence-electron chi connectivity index (χ4n) is 3.34. The van der Waals surface area contributed by atoms with E-state index in [1.165, 1.54) is 12.8 Å². The van der Waals surface area contributed by atoms with Gasteiger partial charge in [0, 0.05) is 39.9 Å². The van der Waals surface area contributed by atoms with Gasteiger partial charge in [0.05, 0.1) is 5.92 Å². The number of anilines is 1. The molecule has 5 heteroatoms. The topological polar surface area (TPSA) is 56.7 Å². The summed E-state index contributed by atoms with van der Waals surface area (Å²) in [6.07, 6.45) is 4.32. The number of hydrogen-bond donors (Lipinski definition) is 1. The second kappa shape index (κ2) is 5.64. The van der Waals surface area contributed by atoms with Crippen LogP contribution in [0.25, 0.3) is 0 Å². The van der Waals surface area contributed by atoms with Crippen LogP contribution in [0, 0.1) is 17.8 Å². The van der Waals surface area contributed by atoms with E-state index in [4.69, 9.17) is 0 Å². The van der Waals surface area contributed by atoms with Gasteiger partial charge in [-0.15, -0.1) is 0 Å². The van der Waals surface area contributed by atoms with Crippen molar-refractivity contribution in [3.8, 4) is 0 Å². The Balaban J connectivity index is 1.64. The van der Waals surface area contributed by atoms with Crippen molar-refractivity contribution < 1.29 is 9.90 Å². The molecule has 0 unspecified atom stereocenters. The quantitative estimate of drug-likeness (QED) is 0.894. The van der Waals surface area contributed by atoms with E-state index in [9.17, 15) is 9.90 Å². The van der Waals surface area contributed by atoms with E-state index in [0.717, 1.165) is 24.5 Å². The third-order valence-corrected chi connectivity index (χ3v) is 4.66. The van der Waals surface area contributed by atoms with Crippen molar-refractivity contribution in [2.24, 2.45) is 17.8 Å². The molecule has 0 radical (unpaired) electrons. The molecule has 2 aliphatic rings. The Morgan fingerprint density at radius 3 is 2.67 bits per heavy atom. The lowest BCUT2D eigenvalue weighted by atomic mass is 9.92. The zero-order valence-electron chi connectivity index (χ0n) is 12.7. The van der Waals surface area contributed by atoms with Crippen LogP contribution in [0.3, 0.4) is 0 Å². The van der Waals surface area contributed by atoms with Crippen LogP contribution in [-0.2, 0) is 11.3 Å². The first-order valence-electron chi connectivity index (χ1n) is 7.62. The maximum absolute atomic E-state index is 11.4. The normalized spacial score (nSPS) is 26.0. The number of rotatable bonds is 5. The van der Waals surface area contributed by atoms with Crippen LogP contribution in [0.4, 0.5) is 5.82 Å². The lowest BCUT2D eigenvalue weighted by molar-refractivity contribution is -0.142. The third-order valence-electron chi connectivity index (χ3n) is 4.66. The minimum absolute atomic E-state index is 0.188. The lowest BCUT2D eigenvalue weighted by Crippen LogP contribution is -2.24. The third kappa shape index (κ3) is 3.18. The van der Waals surface area contributed by atoms with Gasteiger partial charge in [-0.1, -0.05) is 6.07 Å². The van der Waals surface area contributed by atoms with Gasteiger partial charge in [0.25, 0.3) is 0 Å². The monoisotopic (exact) mass is 289 g/mol. The van der Waals surface area contributed by atoms with Crippen molar-refractivity contribution in [3.63, 3.8) is 0 Å². The fourth-order valence-corrected chi connectivity index (χ4v) is 3.34. The van der Waals surface area contributed by atoms with E-state index >= 15 is 0 Å². The van der Waals surface area contributed by atoms with Gasteiger partial charge in [-0.3, -0.25) is 9.69 Å². The number of pyridine rings is 1. The number of hydrogen-bond acceptors (Lipinski definition) is 4. The number of aromatic nitrogens is 1. The Labute approximate surface area is 125 Å². The summed E-state index contributed by atoms with van der Waals surface area (Å²) in [5, 5.41) is 9.40. The molecule has 1 aromatic heterocycles. The highest BCUT2D eigenvalue weighted by Crippen LogP contribution is 2.44. The Morgan fingerprint density at radius 2 is 2.14 bits per heavy atom. The van der Waals surface area contributed by atoms with Gasteiger partial charge in [0.15, 0.2) is 0 Å². The van der Waals surface area contributed by atoms with Crippen molar-refractivity contribution in [2.75, 3.05) is 32.1 Å². The molecule has 114 valence electrons. The summed E-state index contributed by atoms with van der Waals surface area (Å²) in [5.74, 6) is 1.11. The van der Waals surface area contributed by atoms with E-state index < -0.39 is 5.97 Å².